The molecule has 0 spiro atoms. The van der Waals surface area contributed by atoms with Crippen LogP contribution in [0.1, 0.15) is 51.0 Å². The predicted molar refractivity (Wildman–Crippen MR) is 125 cm³/mol. The van der Waals surface area contributed by atoms with E-state index in [1.54, 1.807) is 35.6 Å². The summed E-state index contributed by atoms with van der Waals surface area (Å²) in [4.78, 5) is 18.9. The van der Waals surface area contributed by atoms with Crippen molar-refractivity contribution in [1.29, 1.82) is 0 Å². The van der Waals surface area contributed by atoms with Gasteiger partial charge in [0.1, 0.15) is 10.8 Å². The van der Waals surface area contributed by atoms with Crippen LogP contribution in [0.2, 0.25) is 0 Å². The van der Waals surface area contributed by atoms with Crippen LogP contribution in [0.15, 0.2) is 47.1 Å². The highest BCUT2D eigenvalue weighted by atomic mass is 32.1. The van der Waals surface area contributed by atoms with Crippen molar-refractivity contribution in [2.75, 3.05) is 38.5 Å². The molecule has 0 bridgehead atoms. The Hall–Kier alpha value is -2.48. The molecule has 32 heavy (non-hydrogen) atoms. The van der Waals surface area contributed by atoms with E-state index < -0.39 is 0 Å². The normalized spacial score (nSPS) is 18.3. The lowest BCUT2D eigenvalue weighted by Crippen LogP contribution is -2.46. The number of fused-ring (bicyclic) bond motifs is 1. The van der Waals surface area contributed by atoms with Crippen LogP contribution in [0, 0.1) is 5.82 Å². The van der Waals surface area contributed by atoms with Gasteiger partial charge in [0.15, 0.2) is 5.76 Å². The molecule has 1 amide bonds. The second kappa shape index (κ2) is 9.17. The van der Waals surface area contributed by atoms with Crippen molar-refractivity contribution in [2.45, 2.75) is 31.7 Å². The van der Waals surface area contributed by atoms with Crippen LogP contribution in [-0.2, 0) is 12.8 Å². The number of thiophene rings is 1. The van der Waals surface area contributed by atoms with E-state index in [4.69, 9.17) is 4.42 Å². The van der Waals surface area contributed by atoms with Crippen LogP contribution in [0.25, 0.3) is 0 Å². The molecule has 168 valence electrons. The summed E-state index contributed by atoms with van der Waals surface area (Å²) in [7, 11) is 2.12. The Labute approximate surface area is 191 Å². The van der Waals surface area contributed by atoms with Gasteiger partial charge >= 0.3 is 0 Å². The van der Waals surface area contributed by atoms with E-state index in [1.807, 2.05) is 12.1 Å². The van der Waals surface area contributed by atoms with E-state index in [2.05, 4.69) is 22.2 Å². The first-order valence-electron chi connectivity index (χ1n) is 11.3. The van der Waals surface area contributed by atoms with Gasteiger partial charge in [-0.3, -0.25) is 9.69 Å². The van der Waals surface area contributed by atoms with Gasteiger partial charge in [-0.1, -0.05) is 18.2 Å². The number of hydrogen-bond donors (Lipinski definition) is 1. The molecule has 2 aromatic heterocycles. The number of hydrogen-bond acceptors (Lipinski definition) is 5. The number of furan rings is 1. The zero-order valence-corrected chi connectivity index (χ0v) is 19.1. The highest BCUT2D eigenvalue weighted by Gasteiger charge is 2.34. The van der Waals surface area contributed by atoms with Gasteiger partial charge in [0.05, 0.1) is 12.3 Å². The Bertz CT molecular complexity index is 1090. The maximum atomic E-state index is 15.2. The van der Waals surface area contributed by atoms with Crippen LogP contribution >= 0.6 is 11.3 Å². The van der Waals surface area contributed by atoms with Crippen LogP contribution in [0.4, 0.5) is 9.39 Å². The molecule has 0 unspecified atom stereocenters. The van der Waals surface area contributed by atoms with Crippen molar-refractivity contribution in [3.8, 4) is 0 Å². The number of carbonyl (C=O) groups is 1. The first-order valence-corrected chi connectivity index (χ1v) is 12.1. The van der Waals surface area contributed by atoms with Gasteiger partial charge in [-0.25, -0.2) is 4.39 Å². The fourth-order valence-electron chi connectivity index (χ4n) is 4.86. The molecule has 3 aromatic rings. The molecule has 3 heterocycles. The number of aryl methyl sites for hydroxylation is 1. The van der Waals surface area contributed by atoms with Crippen LogP contribution < -0.4 is 5.32 Å². The Kier molecular flexibility index (Phi) is 6.13. The molecule has 5 rings (SSSR count). The third kappa shape index (κ3) is 4.12. The molecular weight excluding hydrogens is 425 g/mol. The molecule has 1 N–H and O–H groups in total. The average Bonchev–Trinajstić information content (AvgIpc) is 3.45. The Balaban J connectivity index is 1.62. The predicted octanol–water partition coefficient (Wildman–Crippen LogP) is 4.95. The second-order valence-electron chi connectivity index (χ2n) is 8.65. The topological polar surface area (TPSA) is 48.7 Å². The minimum atomic E-state index is -0.263. The summed E-state index contributed by atoms with van der Waals surface area (Å²) in [5.41, 5.74) is 3.04. The zero-order valence-electron chi connectivity index (χ0n) is 18.3. The van der Waals surface area contributed by atoms with Crippen molar-refractivity contribution in [1.82, 2.24) is 9.80 Å². The summed E-state index contributed by atoms with van der Waals surface area (Å²) >= 11 is 1.65. The first kappa shape index (κ1) is 21.4. The molecule has 1 aliphatic carbocycles. The monoisotopic (exact) mass is 453 g/mol. The third-order valence-electron chi connectivity index (χ3n) is 6.56. The zero-order chi connectivity index (χ0) is 22.1. The molecule has 1 aliphatic heterocycles. The molecule has 1 saturated heterocycles. The smallest absolute Gasteiger partial charge is 0.291 e. The summed E-state index contributed by atoms with van der Waals surface area (Å²) in [6.07, 6.45) is 5.75. The number of benzene rings is 1. The maximum absolute atomic E-state index is 15.2. The molecule has 1 aromatic carbocycles. The Morgan fingerprint density at radius 3 is 2.62 bits per heavy atom. The van der Waals surface area contributed by atoms with E-state index in [9.17, 15) is 4.79 Å². The van der Waals surface area contributed by atoms with Gasteiger partial charge in [-0.15, -0.1) is 11.3 Å². The minimum absolute atomic E-state index is 0.199. The van der Waals surface area contributed by atoms with E-state index >= 15 is 4.39 Å². The molecule has 1 fully saturated rings. The average molecular weight is 454 g/mol. The maximum Gasteiger partial charge on any atom is 0.291 e. The largest absolute Gasteiger partial charge is 0.459 e. The second-order valence-corrected chi connectivity index (χ2v) is 9.75. The lowest BCUT2D eigenvalue weighted by atomic mass is 9.88. The van der Waals surface area contributed by atoms with Crippen molar-refractivity contribution < 1.29 is 13.6 Å². The first-order chi connectivity index (χ1) is 15.6. The van der Waals surface area contributed by atoms with Crippen molar-refractivity contribution in [3.63, 3.8) is 0 Å². The van der Waals surface area contributed by atoms with Gasteiger partial charge in [0.25, 0.3) is 5.91 Å². The molecular formula is C25H28FN3O2S. The number of amides is 1. The third-order valence-corrected chi connectivity index (χ3v) is 7.78. The van der Waals surface area contributed by atoms with Gasteiger partial charge in [0, 0.05) is 42.2 Å². The number of carbonyl (C=O) groups excluding carboxylic acids is 1. The number of piperazine rings is 1. The minimum Gasteiger partial charge on any atom is -0.459 e. The van der Waals surface area contributed by atoms with Crippen molar-refractivity contribution >= 4 is 22.2 Å². The summed E-state index contributed by atoms with van der Waals surface area (Å²) in [6, 6.07) is 10.2. The van der Waals surface area contributed by atoms with Gasteiger partial charge in [-0.2, -0.15) is 0 Å². The summed E-state index contributed by atoms with van der Waals surface area (Å²) in [5, 5.41) is 3.94. The van der Waals surface area contributed by atoms with E-state index in [1.165, 1.54) is 16.7 Å². The van der Waals surface area contributed by atoms with Gasteiger partial charge in [0.2, 0.25) is 0 Å². The van der Waals surface area contributed by atoms with Gasteiger partial charge in [-0.05, 0) is 56.5 Å². The van der Waals surface area contributed by atoms with E-state index in [0.29, 0.717) is 5.56 Å². The molecule has 0 saturated carbocycles. The molecule has 7 heteroatoms. The van der Waals surface area contributed by atoms with Crippen LogP contribution in [0.3, 0.4) is 0 Å². The van der Waals surface area contributed by atoms with Crippen molar-refractivity contribution in [2.24, 2.45) is 0 Å². The Morgan fingerprint density at radius 1 is 1.09 bits per heavy atom. The number of rotatable bonds is 5. The molecule has 1 atom stereocenters. The van der Waals surface area contributed by atoms with E-state index in [-0.39, 0.29) is 23.5 Å². The summed E-state index contributed by atoms with van der Waals surface area (Å²) < 4.78 is 20.5. The fourth-order valence-corrected chi connectivity index (χ4v) is 6.17. The van der Waals surface area contributed by atoms with Crippen LogP contribution in [-0.4, -0.2) is 48.9 Å². The number of nitrogens with zero attached hydrogens (tertiary/aromatic N) is 2. The lowest BCUT2D eigenvalue weighted by Gasteiger charge is -2.39. The number of halogens is 1. The highest BCUT2D eigenvalue weighted by Crippen LogP contribution is 2.46. The fraction of sp³-hybridized carbons (Fsp3) is 0.400. The number of anilines is 1. The number of nitrogens with one attached hydrogen (secondary N) is 1. The molecule has 5 nitrogen and oxygen atoms in total. The number of likely N-dealkylation sites (N-methyl/N-ethyl adjacent to an activating group) is 1. The molecule has 2 aliphatic rings. The Morgan fingerprint density at radius 2 is 1.88 bits per heavy atom. The summed E-state index contributed by atoms with van der Waals surface area (Å²) in [6.45, 7) is 3.58. The van der Waals surface area contributed by atoms with Crippen LogP contribution in [0.5, 0.6) is 0 Å². The quantitative estimate of drug-likeness (QED) is 0.594. The van der Waals surface area contributed by atoms with Gasteiger partial charge < -0.3 is 14.6 Å². The van der Waals surface area contributed by atoms with E-state index in [0.717, 1.165) is 62.4 Å². The standard InChI is InChI=1S/C25H28FN3O2S/c1-28-12-14-29(15-13-28)23(17-7-2-4-9-19(17)26)22-18-8-3-5-11-21(18)32-25(22)27-24(30)20-10-6-16-31-20/h2,4,6-7,9-10,16,23H,3,5,8,11-15H2,1H3,(H,27,30)/t23-/m0/s1. The lowest BCUT2D eigenvalue weighted by molar-refractivity contribution is 0.0996. The highest BCUT2D eigenvalue weighted by molar-refractivity contribution is 7.16. The summed E-state index contributed by atoms with van der Waals surface area (Å²) in [5.74, 6) is -0.180. The molecule has 0 radical (unpaired) electrons. The van der Waals surface area contributed by atoms with Crippen molar-refractivity contribution in [3.05, 3.63) is 75.8 Å². The SMILES string of the molecule is CN1CCN([C@@H](c2ccccc2F)c2c(NC(=O)c3ccco3)sc3c2CCCC3)CC1.